The molecule has 1 unspecified atom stereocenters. The Morgan fingerprint density at radius 1 is 1.58 bits per heavy atom. The molecule has 0 rings (SSSR count). The molecular weight excluding hydrogens is 158 g/mol. The van der Waals surface area contributed by atoms with Crippen LogP contribution in [0.3, 0.4) is 0 Å². The highest BCUT2D eigenvalue weighted by Gasteiger charge is 2.14. The van der Waals surface area contributed by atoms with E-state index in [0.29, 0.717) is 6.54 Å². The minimum Gasteiger partial charge on any atom is -0.359 e. The number of carbonyl (C=O) groups excluding carboxylic acids is 2. The van der Waals surface area contributed by atoms with Gasteiger partial charge in [-0.3, -0.25) is 4.79 Å². The van der Waals surface area contributed by atoms with E-state index in [4.69, 9.17) is 5.73 Å². The van der Waals surface area contributed by atoms with Crippen LogP contribution in [0, 0.1) is 5.92 Å². The fourth-order valence-corrected chi connectivity index (χ4v) is 0.830. The molecule has 1 atom stereocenters. The van der Waals surface area contributed by atoms with E-state index >= 15 is 0 Å². The second-order valence-electron chi connectivity index (χ2n) is 2.73. The van der Waals surface area contributed by atoms with E-state index in [2.05, 4.69) is 5.32 Å². The molecule has 70 valence electrons. The third-order valence-corrected chi connectivity index (χ3v) is 1.62. The number of amides is 3. The molecule has 0 radical (unpaired) electrons. The SMILES string of the molecule is CNC(=O)C(C)CN(C)C(N)=O. The quantitative estimate of drug-likeness (QED) is 0.596. The highest BCUT2D eigenvalue weighted by molar-refractivity contribution is 5.79. The first-order chi connectivity index (χ1) is 5.49. The minimum absolute atomic E-state index is 0.0944. The fraction of sp³-hybridized carbons (Fsp3) is 0.714. The zero-order valence-corrected chi connectivity index (χ0v) is 7.63. The maximum Gasteiger partial charge on any atom is 0.314 e. The van der Waals surface area contributed by atoms with Crippen molar-refractivity contribution in [2.24, 2.45) is 11.7 Å². The number of primary amides is 1. The van der Waals surface area contributed by atoms with Crippen LogP contribution in [-0.4, -0.2) is 37.5 Å². The van der Waals surface area contributed by atoms with Crippen molar-refractivity contribution < 1.29 is 9.59 Å². The van der Waals surface area contributed by atoms with E-state index in [0.717, 1.165) is 0 Å². The lowest BCUT2D eigenvalue weighted by molar-refractivity contribution is -0.124. The Hall–Kier alpha value is -1.26. The molecule has 0 aliphatic rings. The number of nitrogens with zero attached hydrogens (tertiary/aromatic N) is 1. The number of hydrogen-bond acceptors (Lipinski definition) is 2. The van der Waals surface area contributed by atoms with Crippen LogP contribution in [0.5, 0.6) is 0 Å². The summed E-state index contributed by atoms with van der Waals surface area (Å²) in [7, 11) is 3.12. The molecule has 0 saturated heterocycles. The molecule has 5 heteroatoms. The van der Waals surface area contributed by atoms with Crippen LogP contribution in [0.4, 0.5) is 4.79 Å². The number of rotatable bonds is 3. The van der Waals surface area contributed by atoms with Crippen molar-refractivity contribution in [1.29, 1.82) is 0 Å². The summed E-state index contributed by atoms with van der Waals surface area (Å²) < 4.78 is 0. The molecule has 3 amide bonds. The Balaban J connectivity index is 3.91. The lowest BCUT2D eigenvalue weighted by atomic mass is 10.1. The molecule has 0 heterocycles. The van der Waals surface area contributed by atoms with Crippen LogP contribution in [0.2, 0.25) is 0 Å². The van der Waals surface area contributed by atoms with Gasteiger partial charge in [0, 0.05) is 20.6 Å². The third kappa shape index (κ3) is 3.23. The predicted octanol–water partition coefficient (Wildman–Crippen LogP) is -0.621. The number of hydrogen-bond donors (Lipinski definition) is 2. The van der Waals surface area contributed by atoms with Crippen molar-refractivity contribution in [3.63, 3.8) is 0 Å². The van der Waals surface area contributed by atoms with Crippen molar-refractivity contribution in [3.05, 3.63) is 0 Å². The van der Waals surface area contributed by atoms with Crippen molar-refractivity contribution >= 4 is 11.9 Å². The van der Waals surface area contributed by atoms with Crippen LogP contribution in [0.1, 0.15) is 6.92 Å². The lowest BCUT2D eigenvalue weighted by Crippen LogP contribution is -2.39. The Morgan fingerprint density at radius 2 is 2.08 bits per heavy atom. The standard InChI is InChI=1S/C7H15N3O2/c1-5(6(11)9-2)4-10(3)7(8)12/h5H,4H2,1-3H3,(H2,8,12)(H,9,11). The molecule has 12 heavy (non-hydrogen) atoms. The van der Waals surface area contributed by atoms with Crippen molar-refractivity contribution in [2.75, 3.05) is 20.6 Å². The van der Waals surface area contributed by atoms with Gasteiger partial charge in [-0.05, 0) is 0 Å². The first kappa shape index (κ1) is 10.7. The molecule has 0 aromatic carbocycles. The summed E-state index contributed by atoms with van der Waals surface area (Å²) >= 11 is 0. The summed E-state index contributed by atoms with van der Waals surface area (Å²) in [4.78, 5) is 22.8. The second-order valence-corrected chi connectivity index (χ2v) is 2.73. The minimum atomic E-state index is -0.522. The van der Waals surface area contributed by atoms with Crippen LogP contribution in [-0.2, 0) is 4.79 Å². The van der Waals surface area contributed by atoms with Gasteiger partial charge >= 0.3 is 6.03 Å². The third-order valence-electron chi connectivity index (χ3n) is 1.62. The Kier molecular flexibility index (Phi) is 4.10. The Morgan fingerprint density at radius 3 is 2.42 bits per heavy atom. The van der Waals surface area contributed by atoms with Gasteiger partial charge in [0.2, 0.25) is 5.91 Å². The fourth-order valence-electron chi connectivity index (χ4n) is 0.830. The summed E-state index contributed by atoms with van der Waals surface area (Å²) in [6, 6.07) is -0.522. The van der Waals surface area contributed by atoms with E-state index in [1.807, 2.05) is 0 Å². The maximum absolute atomic E-state index is 11.0. The Bertz CT molecular complexity index is 181. The van der Waals surface area contributed by atoms with E-state index in [-0.39, 0.29) is 11.8 Å². The largest absolute Gasteiger partial charge is 0.359 e. The maximum atomic E-state index is 11.0. The average molecular weight is 173 g/mol. The van der Waals surface area contributed by atoms with Gasteiger partial charge in [-0.15, -0.1) is 0 Å². The molecule has 0 aliphatic carbocycles. The lowest BCUT2D eigenvalue weighted by Gasteiger charge is -2.18. The molecule has 3 N–H and O–H groups in total. The topological polar surface area (TPSA) is 75.4 Å². The van der Waals surface area contributed by atoms with Crippen molar-refractivity contribution in [1.82, 2.24) is 10.2 Å². The molecule has 0 aromatic rings. The van der Waals surface area contributed by atoms with Gasteiger partial charge in [0.1, 0.15) is 0 Å². The highest BCUT2D eigenvalue weighted by Crippen LogP contribution is 1.96. The van der Waals surface area contributed by atoms with Gasteiger partial charge in [-0.2, -0.15) is 0 Å². The molecule has 0 aliphatic heterocycles. The molecule has 0 fully saturated rings. The van der Waals surface area contributed by atoms with Crippen LogP contribution >= 0.6 is 0 Å². The summed E-state index contributed by atoms with van der Waals surface area (Å²) in [5.41, 5.74) is 4.98. The predicted molar refractivity (Wildman–Crippen MR) is 45.4 cm³/mol. The average Bonchev–Trinajstić information content (AvgIpc) is 2.02. The molecule has 0 saturated carbocycles. The van der Waals surface area contributed by atoms with Crippen molar-refractivity contribution in [3.8, 4) is 0 Å². The van der Waals surface area contributed by atoms with E-state index in [1.165, 1.54) is 4.90 Å². The highest BCUT2D eigenvalue weighted by atomic mass is 16.2. The van der Waals surface area contributed by atoms with Crippen LogP contribution in [0.15, 0.2) is 0 Å². The Labute approximate surface area is 71.9 Å². The number of urea groups is 1. The van der Waals surface area contributed by atoms with Gasteiger partial charge in [-0.1, -0.05) is 6.92 Å². The van der Waals surface area contributed by atoms with E-state index < -0.39 is 6.03 Å². The molecule has 0 spiro atoms. The van der Waals surface area contributed by atoms with Gasteiger partial charge in [0.25, 0.3) is 0 Å². The van der Waals surface area contributed by atoms with Crippen LogP contribution in [0.25, 0.3) is 0 Å². The summed E-state index contributed by atoms with van der Waals surface area (Å²) in [6.07, 6.45) is 0. The zero-order chi connectivity index (χ0) is 9.72. The second kappa shape index (κ2) is 4.58. The number of nitrogens with two attached hydrogens (primary N) is 1. The molecular formula is C7H15N3O2. The molecule has 5 nitrogen and oxygen atoms in total. The van der Waals surface area contributed by atoms with Crippen molar-refractivity contribution in [2.45, 2.75) is 6.92 Å². The summed E-state index contributed by atoms with van der Waals surface area (Å²) in [6.45, 7) is 2.08. The first-order valence-corrected chi connectivity index (χ1v) is 3.71. The monoisotopic (exact) mass is 173 g/mol. The summed E-state index contributed by atoms with van der Waals surface area (Å²) in [5, 5.41) is 2.49. The van der Waals surface area contributed by atoms with Gasteiger partial charge in [0.15, 0.2) is 0 Å². The first-order valence-electron chi connectivity index (χ1n) is 3.71. The van der Waals surface area contributed by atoms with E-state index in [1.54, 1.807) is 21.0 Å². The summed E-state index contributed by atoms with van der Waals surface area (Å²) in [5.74, 6) is -0.324. The molecule has 0 aromatic heterocycles. The van der Waals surface area contributed by atoms with E-state index in [9.17, 15) is 9.59 Å². The number of nitrogens with one attached hydrogen (secondary N) is 1. The smallest absolute Gasteiger partial charge is 0.314 e. The number of carbonyl (C=O) groups is 2. The van der Waals surface area contributed by atoms with Gasteiger partial charge in [0.05, 0.1) is 5.92 Å². The van der Waals surface area contributed by atoms with Gasteiger partial charge in [-0.25, -0.2) is 4.79 Å². The van der Waals surface area contributed by atoms with Crippen LogP contribution < -0.4 is 11.1 Å². The zero-order valence-electron chi connectivity index (χ0n) is 7.63. The van der Waals surface area contributed by atoms with Gasteiger partial charge < -0.3 is 16.0 Å². The normalized spacial score (nSPS) is 11.9. The molecule has 0 bridgehead atoms.